The van der Waals surface area contributed by atoms with E-state index in [9.17, 15) is 4.79 Å². The number of rotatable bonds is 5. The van der Waals surface area contributed by atoms with Crippen LogP contribution < -0.4 is 0 Å². The number of aliphatic carboxylic acids is 1. The first kappa shape index (κ1) is 15.7. The van der Waals surface area contributed by atoms with Gasteiger partial charge in [-0.25, -0.2) is 0 Å². The number of hydrogen-bond donors (Lipinski definition) is 1. The lowest BCUT2D eigenvalue weighted by atomic mass is 9.77. The standard InChI is InChI=1S/C10H20O2.Mg.2H/c1-5-6-7-8(2)10(3,4)9(11)12;;;/h8H,5-7H2,1-4H3,(H,11,12);;;. The Morgan fingerprint density at radius 1 is 1.46 bits per heavy atom. The van der Waals surface area contributed by atoms with Gasteiger partial charge >= 0.3 is 29.0 Å². The molecule has 0 aliphatic rings. The van der Waals surface area contributed by atoms with Crippen LogP contribution in [0.2, 0.25) is 0 Å². The second-order valence-corrected chi connectivity index (χ2v) is 4.07. The lowest BCUT2D eigenvalue weighted by Gasteiger charge is -2.26. The van der Waals surface area contributed by atoms with Crippen LogP contribution in [0.15, 0.2) is 0 Å². The van der Waals surface area contributed by atoms with E-state index in [4.69, 9.17) is 5.11 Å². The molecule has 0 aromatic carbocycles. The topological polar surface area (TPSA) is 37.3 Å². The monoisotopic (exact) mass is 198 g/mol. The van der Waals surface area contributed by atoms with Gasteiger partial charge in [0.1, 0.15) is 0 Å². The molecule has 2 nitrogen and oxygen atoms in total. The summed E-state index contributed by atoms with van der Waals surface area (Å²) in [7, 11) is 0. The highest BCUT2D eigenvalue weighted by molar-refractivity contribution is 5.75. The zero-order valence-corrected chi connectivity index (χ0v) is 8.55. The van der Waals surface area contributed by atoms with Crippen LogP contribution in [-0.4, -0.2) is 34.1 Å². The zero-order chi connectivity index (χ0) is 9.78. The van der Waals surface area contributed by atoms with Gasteiger partial charge in [-0.2, -0.15) is 0 Å². The van der Waals surface area contributed by atoms with E-state index < -0.39 is 11.4 Å². The normalized spacial score (nSPS) is 13.2. The first-order chi connectivity index (χ1) is 5.42. The number of carboxylic acids is 1. The molecule has 1 N–H and O–H groups in total. The lowest BCUT2D eigenvalue weighted by Crippen LogP contribution is -2.31. The van der Waals surface area contributed by atoms with E-state index in [2.05, 4.69) is 6.92 Å². The number of unbranched alkanes of at least 4 members (excludes halogenated alkanes) is 1. The van der Waals surface area contributed by atoms with E-state index >= 15 is 0 Å². The van der Waals surface area contributed by atoms with Gasteiger partial charge in [-0.05, 0) is 26.2 Å². The summed E-state index contributed by atoms with van der Waals surface area (Å²) >= 11 is 0. The van der Waals surface area contributed by atoms with E-state index in [1.54, 1.807) is 13.8 Å². The maximum atomic E-state index is 10.8. The third kappa shape index (κ3) is 4.86. The van der Waals surface area contributed by atoms with Gasteiger partial charge in [-0.1, -0.05) is 26.7 Å². The van der Waals surface area contributed by atoms with Crippen molar-refractivity contribution in [3.63, 3.8) is 0 Å². The van der Waals surface area contributed by atoms with E-state index in [1.807, 2.05) is 6.92 Å². The van der Waals surface area contributed by atoms with Crippen LogP contribution in [0.25, 0.3) is 0 Å². The zero-order valence-electron chi connectivity index (χ0n) is 8.55. The van der Waals surface area contributed by atoms with Crippen LogP contribution >= 0.6 is 0 Å². The summed E-state index contributed by atoms with van der Waals surface area (Å²) in [5.74, 6) is -0.430. The Hall–Kier alpha value is 0.236. The summed E-state index contributed by atoms with van der Waals surface area (Å²) in [6, 6.07) is 0. The van der Waals surface area contributed by atoms with Crippen molar-refractivity contribution in [2.24, 2.45) is 11.3 Å². The van der Waals surface area contributed by atoms with Crippen molar-refractivity contribution >= 4 is 29.0 Å². The summed E-state index contributed by atoms with van der Waals surface area (Å²) in [5, 5.41) is 8.91. The Bertz CT molecular complexity index is 155. The minimum atomic E-state index is -0.689. The van der Waals surface area contributed by atoms with Crippen molar-refractivity contribution in [2.45, 2.75) is 47.0 Å². The maximum Gasteiger partial charge on any atom is 0.316 e. The van der Waals surface area contributed by atoms with Crippen LogP contribution in [0.3, 0.4) is 0 Å². The van der Waals surface area contributed by atoms with E-state index in [-0.39, 0.29) is 29.0 Å². The fourth-order valence-electron chi connectivity index (χ4n) is 1.08. The smallest absolute Gasteiger partial charge is 0.316 e. The van der Waals surface area contributed by atoms with Gasteiger partial charge in [0, 0.05) is 0 Å². The van der Waals surface area contributed by atoms with E-state index in [0.717, 1.165) is 19.3 Å². The largest absolute Gasteiger partial charge is 0.481 e. The molecule has 76 valence electrons. The summed E-state index contributed by atoms with van der Waals surface area (Å²) in [6.07, 6.45) is 3.27. The van der Waals surface area contributed by atoms with Gasteiger partial charge in [0.15, 0.2) is 0 Å². The molecule has 0 fully saturated rings. The average molecular weight is 199 g/mol. The molecule has 0 bridgehead atoms. The average Bonchev–Trinajstić information content (AvgIpc) is 1.99. The Labute approximate surface area is 97.2 Å². The quantitative estimate of drug-likeness (QED) is 0.687. The van der Waals surface area contributed by atoms with Crippen LogP contribution in [0.4, 0.5) is 0 Å². The fourth-order valence-corrected chi connectivity index (χ4v) is 1.08. The molecule has 1 atom stereocenters. The molecule has 1 unspecified atom stereocenters. The highest BCUT2D eigenvalue weighted by atomic mass is 24.3. The molecule has 0 spiro atoms. The van der Waals surface area contributed by atoms with Gasteiger partial charge in [0.25, 0.3) is 0 Å². The Morgan fingerprint density at radius 2 is 1.92 bits per heavy atom. The number of carbonyl (C=O) groups is 1. The lowest BCUT2D eigenvalue weighted by molar-refractivity contribution is -0.149. The number of hydrogen-bond acceptors (Lipinski definition) is 1. The predicted molar refractivity (Wildman–Crippen MR) is 58.6 cm³/mol. The Morgan fingerprint density at radius 3 is 2.23 bits per heavy atom. The van der Waals surface area contributed by atoms with Crippen LogP contribution in [0, 0.1) is 11.3 Å². The molecule has 0 aromatic rings. The van der Waals surface area contributed by atoms with Gasteiger partial charge < -0.3 is 5.11 Å². The molecule has 0 rings (SSSR count). The number of carboxylic acid groups (broad SMARTS) is 1. The minimum Gasteiger partial charge on any atom is -0.481 e. The van der Waals surface area contributed by atoms with E-state index in [1.165, 1.54) is 0 Å². The second kappa shape index (κ2) is 6.65. The molecular formula is C10H22MgO2. The molecule has 0 aliphatic heterocycles. The van der Waals surface area contributed by atoms with Crippen LogP contribution in [-0.2, 0) is 4.79 Å². The van der Waals surface area contributed by atoms with Gasteiger partial charge in [-0.3, -0.25) is 4.79 Å². The van der Waals surface area contributed by atoms with Crippen molar-refractivity contribution in [1.29, 1.82) is 0 Å². The first-order valence-corrected chi connectivity index (χ1v) is 4.66. The van der Waals surface area contributed by atoms with Crippen molar-refractivity contribution in [1.82, 2.24) is 0 Å². The fraction of sp³-hybridized carbons (Fsp3) is 0.900. The molecule has 0 aromatic heterocycles. The second-order valence-electron chi connectivity index (χ2n) is 4.07. The molecule has 0 saturated carbocycles. The van der Waals surface area contributed by atoms with Gasteiger partial charge in [-0.15, -0.1) is 0 Å². The molecule has 0 saturated heterocycles. The van der Waals surface area contributed by atoms with Crippen molar-refractivity contribution < 1.29 is 9.90 Å². The SMILES string of the molecule is CCCCC(C)C(C)(C)C(=O)O.[MgH2]. The van der Waals surface area contributed by atoms with Gasteiger partial charge in [0.05, 0.1) is 5.41 Å². The molecular weight excluding hydrogens is 176 g/mol. The van der Waals surface area contributed by atoms with Crippen molar-refractivity contribution in [3.8, 4) is 0 Å². The molecule has 0 heterocycles. The van der Waals surface area contributed by atoms with Gasteiger partial charge in [0.2, 0.25) is 0 Å². The Kier molecular flexibility index (Phi) is 8.04. The maximum absolute atomic E-state index is 10.8. The molecule has 0 radical (unpaired) electrons. The molecule has 0 aliphatic carbocycles. The van der Waals surface area contributed by atoms with Crippen molar-refractivity contribution in [3.05, 3.63) is 0 Å². The Balaban J connectivity index is 0. The van der Waals surface area contributed by atoms with Crippen LogP contribution in [0.5, 0.6) is 0 Å². The minimum absolute atomic E-state index is 0. The summed E-state index contributed by atoms with van der Waals surface area (Å²) < 4.78 is 0. The molecule has 13 heavy (non-hydrogen) atoms. The molecule has 3 heteroatoms. The highest BCUT2D eigenvalue weighted by Gasteiger charge is 2.32. The van der Waals surface area contributed by atoms with E-state index in [0.29, 0.717) is 0 Å². The third-order valence-corrected chi connectivity index (χ3v) is 2.77. The summed E-state index contributed by atoms with van der Waals surface area (Å²) in [6.45, 7) is 7.75. The molecule has 0 amide bonds. The van der Waals surface area contributed by atoms with Crippen molar-refractivity contribution in [2.75, 3.05) is 0 Å². The summed E-state index contributed by atoms with van der Waals surface area (Å²) in [4.78, 5) is 10.8. The first-order valence-electron chi connectivity index (χ1n) is 4.66. The predicted octanol–water partition coefficient (Wildman–Crippen LogP) is 2.01. The van der Waals surface area contributed by atoms with Crippen LogP contribution in [0.1, 0.15) is 47.0 Å². The summed E-state index contributed by atoms with van der Waals surface area (Å²) in [5.41, 5.74) is -0.574. The highest BCUT2D eigenvalue weighted by Crippen LogP contribution is 2.30. The third-order valence-electron chi connectivity index (χ3n) is 2.77.